The highest BCUT2D eigenvalue weighted by Gasteiger charge is 2.26. The Morgan fingerprint density at radius 3 is 2.71 bits per heavy atom. The third kappa shape index (κ3) is 2.33. The van der Waals surface area contributed by atoms with Gasteiger partial charge in [-0.25, -0.2) is 0 Å². The summed E-state index contributed by atoms with van der Waals surface area (Å²) in [6.07, 6.45) is 2.09. The number of aryl methyl sites for hydroxylation is 1. The third-order valence-corrected chi connectivity index (χ3v) is 4.07. The van der Waals surface area contributed by atoms with E-state index in [1.807, 2.05) is 24.3 Å². The first-order valence-corrected chi connectivity index (χ1v) is 7.14. The van der Waals surface area contributed by atoms with Crippen LogP contribution >= 0.6 is 0 Å². The molecule has 1 atom stereocenters. The molecule has 0 bridgehead atoms. The van der Waals surface area contributed by atoms with Crippen molar-refractivity contribution in [2.24, 2.45) is 5.73 Å². The van der Waals surface area contributed by atoms with Gasteiger partial charge >= 0.3 is 0 Å². The van der Waals surface area contributed by atoms with Crippen LogP contribution in [-0.2, 0) is 6.42 Å². The monoisotopic (exact) mass is 281 g/mol. The highest BCUT2D eigenvalue weighted by molar-refractivity contribution is 6.00. The van der Waals surface area contributed by atoms with E-state index in [1.54, 1.807) is 6.07 Å². The summed E-state index contributed by atoms with van der Waals surface area (Å²) in [5, 5.41) is 0. The van der Waals surface area contributed by atoms with E-state index in [9.17, 15) is 4.79 Å². The van der Waals surface area contributed by atoms with Gasteiger partial charge in [-0.1, -0.05) is 18.2 Å². The van der Waals surface area contributed by atoms with Crippen LogP contribution in [0.2, 0.25) is 0 Å². The number of nitrogens with two attached hydrogens (primary N) is 2. The molecule has 1 amide bonds. The van der Waals surface area contributed by atoms with Gasteiger partial charge in [-0.3, -0.25) is 4.79 Å². The van der Waals surface area contributed by atoms with Crippen LogP contribution in [0.5, 0.6) is 0 Å². The lowest BCUT2D eigenvalue weighted by Crippen LogP contribution is -2.34. The summed E-state index contributed by atoms with van der Waals surface area (Å²) < 4.78 is 0. The van der Waals surface area contributed by atoms with Crippen LogP contribution in [0.4, 0.5) is 17.1 Å². The maximum Gasteiger partial charge on any atom is 0.250 e. The maximum atomic E-state index is 11.8. The van der Waals surface area contributed by atoms with Crippen molar-refractivity contribution in [2.45, 2.75) is 25.8 Å². The van der Waals surface area contributed by atoms with E-state index in [0.29, 0.717) is 17.3 Å². The molecular weight excluding hydrogens is 262 g/mol. The van der Waals surface area contributed by atoms with E-state index < -0.39 is 5.91 Å². The van der Waals surface area contributed by atoms with Crippen molar-refractivity contribution in [1.29, 1.82) is 0 Å². The Labute approximate surface area is 124 Å². The number of rotatable bonds is 2. The summed E-state index contributed by atoms with van der Waals surface area (Å²) in [5.74, 6) is -0.451. The fourth-order valence-electron chi connectivity index (χ4n) is 3.02. The molecule has 3 rings (SSSR count). The number of hydrogen-bond acceptors (Lipinski definition) is 3. The lowest BCUT2D eigenvalue weighted by molar-refractivity contribution is 0.100. The standard InChI is InChI=1S/C17H19N3O/c1-11-6-7-12-4-2-3-5-15(12)20(11)16-9-8-13(18)10-14(16)17(19)21/h2-5,8-11H,6-7,18H2,1H3,(H2,19,21). The molecule has 4 nitrogen and oxygen atoms in total. The van der Waals surface area contributed by atoms with Crippen molar-refractivity contribution in [1.82, 2.24) is 0 Å². The number of amides is 1. The van der Waals surface area contributed by atoms with E-state index >= 15 is 0 Å². The largest absolute Gasteiger partial charge is 0.399 e. The molecule has 0 aromatic heterocycles. The smallest absolute Gasteiger partial charge is 0.250 e. The maximum absolute atomic E-state index is 11.8. The summed E-state index contributed by atoms with van der Waals surface area (Å²) >= 11 is 0. The number of carbonyl (C=O) groups is 1. The Morgan fingerprint density at radius 2 is 1.95 bits per heavy atom. The number of nitrogen functional groups attached to an aromatic ring is 1. The quantitative estimate of drug-likeness (QED) is 0.831. The van der Waals surface area contributed by atoms with E-state index in [-0.39, 0.29) is 0 Å². The third-order valence-electron chi connectivity index (χ3n) is 4.07. The molecule has 0 saturated carbocycles. The van der Waals surface area contributed by atoms with Crippen LogP contribution in [0.1, 0.15) is 29.3 Å². The topological polar surface area (TPSA) is 72.3 Å². The zero-order chi connectivity index (χ0) is 15.0. The van der Waals surface area contributed by atoms with Crippen molar-refractivity contribution < 1.29 is 4.79 Å². The van der Waals surface area contributed by atoms with Crippen molar-refractivity contribution in [2.75, 3.05) is 10.6 Å². The van der Waals surface area contributed by atoms with Crippen LogP contribution in [0.15, 0.2) is 42.5 Å². The molecule has 4 N–H and O–H groups in total. The van der Waals surface area contributed by atoms with Crippen molar-refractivity contribution in [3.05, 3.63) is 53.6 Å². The van der Waals surface area contributed by atoms with E-state index in [0.717, 1.165) is 24.2 Å². The molecule has 21 heavy (non-hydrogen) atoms. The summed E-state index contributed by atoms with van der Waals surface area (Å²) in [6.45, 7) is 2.16. The van der Waals surface area contributed by atoms with Gasteiger partial charge in [0, 0.05) is 17.4 Å². The molecule has 0 aliphatic carbocycles. The van der Waals surface area contributed by atoms with E-state index in [4.69, 9.17) is 11.5 Å². The van der Waals surface area contributed by atoms with Gasteiger partial charge in [0.2, 0.25) is 0 Å². The van der Waals surface area contributed by atoms with E-state index in [2.05, 4.69) is 24.0 Å². The second-order valence-corrected chi connectivity index (χ2v) is 5.53. The molecule has 1 heterocycles. The number of benzene rings is 2. The van der Waals surface area contributed by atoms with Gasteiger partial charge in [0.25, 0.3) is 5.91 Å². The first-order valence-electron chi connectivity index (χ1n) is 7.14. The lowest BCUT2D eigenvalue weighted by Gasteiger charge is -2.38. The highest BCUT2D eigenvalue weighted by Crippen LogP contribution is 2.38. The van der Waals surface area contributed by atoms with Crippen LogP contribution in [-0.4, -0.2) is 11.9 Å². The van der Waals surface area contributed by atoms with Gasteiger partial charge in [0.1, 0.15) is 0 Å². The minimum Gasteiger partial charge on any atom is -0.399 e. The predicted molar refractivity (Wildman–Crippen MR) is 85.7 cm³/mol. The van der Waals surface area contributed by atoms with Gasteiger partial charge in [-0.15, -0.1) is 0 Å². The fraction of sp³-hybridized carbons (Fsp3) is 0.235. The van der Waals surface area contributed by atoms with Crippen molar-refractivity contribution in [3.8, 4) is 0 Å². The minimum atomic E-state index is -0.451. The second-order valence-electron chi connectivity index (χ2n) is 5.53. The summed E-state index contributed by atoms with van der Waals surface area (Å²) in [4.78, 5) is 14.0. The number of primary amides is 1. The molecule has 108 valence electrons. The predicted octanol–water partition coefficient (Wildman–Crippen LogP) is 2.84. The van der Waals surface area contributed by atoms with Crippen LogP contribution in [0, 0.1) is 0 Å². The molecular formula is C17H19N3O. The van der Waals surface area contributed by atoms with E-state index in [1.165, 1.54) is 5.56 Å². The average Bonchev–Trinajstić information content (AvgIpc) is 2.47. The summed E-state index contributed by atoms with van der Waals surface area (Å²) in [7, 11) is 0. The number of fused-ring (bicyclic) bond motifs is 1. The fourth-order valence-corrected chi connectivity index (χ4v) is 3.02. The Kier molecular flexibility index (Phi) is 3.29. The summed E-state index contributed by atoms with van der Waals surface area (Å²) in [5.41, 5.74) is 15.6. The Balaban J connectivity index is 2.18. The number of hydrogen-bond donors (Lipinski definition) is 2. The van der Waals surface area contributed by atoms with Gasteiger partial charge in [-0.2, -0.15) is 0 Å². The SMILES string of the molecule is CC1CCc2ccccc2N1c1ccc(N)cc1C(N)=O. The molecule has 0 fully saturated rings. The van der Waals surface area contributed by atoms with Crippen LogP contribution in [0.3, 0.4) is 0 Å². The van der Waals surface area contributed by atoms with Crippen LogP contribution in [0.25, 0.3) is 0 Å². The lowest BCUT2D eigenvalue weighted by atomic mass is 9.95. The number of nitrogens with zero attached hydrogens (tertiary/aromatic N) is 1. The van der Waals surface area contributed by atoms with Gasteiger partial charge in [-0.05, 0) is 49.6 Å². The van der Waals surface area contributed by atoms with Gasteiger partial charge in [0.15, 0.2) is 0 Å². The van der Waals surface area contributed by atoms with Crippen LogP contribution < -0.4 is 16.4 Å². The zero-order valence-corrected chi connectivity index (χ0v) is 12.0. The molecule has 0 spiro atoms. The molecule has 2 aromatic carbocycles. The van der Waals surface area contributed by atoms with Gasteiger partial charge in [0.05, 0.1) is 11.3 Å². The second kappa shape index (κ2) is 5.13. The van der Waals surface area contributed by atoms with Gasteiger partial charge < -0.3 is 16.4 Å². The molecule has 0 radical (unpaired) electrons. The molecule has 1 unspecified atom stereocenters. The molecule has 1 aliphatic heterocycles. The Bertz CT molecular complexity index is 696. The molecule has 1 aliphatic rings. The first kappa shape index (κ1) is 13.5. The van der Waals surface area contributed by atoms with Crippen molar-refractivity contribution in [3.63, 3.8) is 0 Å². The Hall–Kier alpha value is -2.49. The van der Waals surface area contributed by atoms with Crippen molar-refractivity contribution >= 4 is 23.0 Å². The first-order chi connectivity index (χ1) is 10.1. The number of carbonyl (C=O) groups excluding carboxylic acids is 1. The minimum absolute atomic E-state index is 0.307. The summed E-state index contributed by atoms with van der Waals surface area (Å²) in [6, 6.07) is 13.9. The zero-order valence-electron chi connectivity index (χ0n) is 12.0. The normalized spacial score (nSPS) is 17.4. The molecule has 2 aromatic rings. The Morgan fingerprint density at radius 1 is 1.19 bits per heavy atom. The average molecular weight is 281 g/mol. The number of para-hydroxylation sites is 1. The highest BCUT2D eigenvalue weighted by atomic mass is 16.1. The number of anilines is 3. The molecule has 0 saturated heterocycles. The molecule has 4 heteroatoms.